The SMILES string of the molecule is CC[C@@]1(O)CCC[C@@H]2CN(C(=O)c3cccc4ccccc34)C[C@@H]21. The summed E-state index contributed by atoms with van der Waals surface area (Å²) < 4.78 is 0. The second-order valence-electron chi connectivity index (χ2n) is 7.45. The van der Waals surface area contributed by atoms with Crippen LogP contribution in [0, 0.1) is 11.8 Å². The topological polar surface area (TPSA) is 40.5 Å². The van der Waals surface area contributed by atoms with Crippen molar-refractivity contribution in [1.29, 1.82) is 0 Å². The number of hydrogen-bond donors (Lipinski definition) is 1. The Bertz CT molecular complexity index is 766. The van der Waals surface area contributed by atoms with E-state index in [1.54, 1.807) is 0 Å². The van der Waals surface area contributed by atoms with Gasteiger partial charge in [-0.25, -0.2) is 0 Å². The number of likely N-dealkylation sites (tertiary alicyclic amines) is 1. The molecule has 3 heteroatoms. The molecule has 1 saturated heterocycles. The lowest BCUT2D eigenvalue weighted by atomic mass is 9.69. The van der Waals surface area contributed by atoms with Crippen LogP contribution in [0.25, 0.3) is 10.8 Å². The molecule has 3 atom stereocenters. The fourth-order valence-corrected chi connectivity index (χ4v) is 4.82. The summed E-state index contributed by atoms with van der Waals surface area (Å²) in [6, 6.07) is 14.0. The first-order valence-electron chi connectivity index (χ1n) is 9.12. The Morgan fingerprint density at radius 3 is 2.83 bits per heavy atom. The molecule has 1 aliphatic carbocycles. The van der Waals surface area contributed by atoms with Crippen molar-refractivity contribution in [3.8, 4) is 0 Å². The molecular formula is C21H25NO2. The largest absolute Gasteiger partial charge is 0.390 e. The molecule has 0 bridgehead atoms. The van der Waals surface area contributed by atoms with Gasteiger partial charge in [0.1, 0.15) is 0 Å². The summed E-state index contributed by atoms with van der Waals surface area (Å²) in [5.41, 5.74) is 0.197. The van der Waals surface area contributed by atoms with E-state index in [4.69, 9.17) is 0 Å². The smallest absolute Gasteiger partial charge is 0.254 e. The molecule has 1 saturated carbocycles. The molecule has 0 spiro atoms. The third-order valence-corrected chi connectivity index (χ3v) is 6.24. The molecule has 2 aromatic carbocycles. The van der Waals surface area contributed by atoms with Crippen LogP contribution in [-0.4, -0.2) is 34.6 Å². The monoisotopic (exact) mass is 323 g/mol. The Balaban J connectivity index is 1.64. The molecule has 126 valence electrons. The molecule has 2 aliphatic rings. The zero-order chi connectivity index (χ0) is 16.7. The maximum absolute atomic E-state index is 13.1. The lowest BCUT2D eigenvalue weighted by Crippen LogP contribution is -2.44. The van der Waals surface area contributed by atoms with E-state index in [9.17, 15) is 9.90 Å². The second-order valence-corrected chi connectivity index (χ2v) is 7.45. The number of amides is 1. The van der Waals surface area contributed by atoms with Gasteiger partial charge in [-0.1, -0.05) is 49.7 Å². The van der Waals surface area contributed by atoms with Gasteiger partial charge >= 0.3 is 0 Å². The maximum atomic E-state index is 13.1. The van der Waals surface area contributed by atoms with Crippen LogP contribution in [0.15, 0.2) is 42.5 Å². The first kappa shape index (κ1) is 15.6. The Morgan fingerprint density at radius 2 is 2.00 bits per heavy atom. The number of hydrogen-bond acceptors (Lipinski definition) is 2. The van der Waals surface area contributed by atoms with Crippen molar-refractivity contribution in [2.24, 2.45) is 11.8 Å². The molecule has 1 heterocycles. The molecule has 1 amide bonds. The molecule has 1 aliphatic heterocycles. The second kappa shape index (κ2) is 5.89. The first-order valence-corrected chi connectivity index (χ1v) is 9.12. The van der Waals surface area contributed by atoms with Crippen molar-refractivity contribution >= 4 is 16.7 Å². The highest BCUT2D eigenvalue weighted by Crippen LogP contribution is 2.44. The highest BCUT2D eigenvalue weighted by molar-refractivity contribution is 6.07. The minimum atomic E-state index is -0.587. The molecule has 2 fully saturated rings. The number of carbonyl (C=O) groups is 1. The summed E-state index contributed by atoms with van der Waals surface area (Å²) in [6.45, 7) is 3.55. The van der Waals surface area contributed by atoms with Crippen LogP contribution < -0.4 is 0 Å². The van der Waals surface area contributed by atoms with E-state index in [0.29, 0.717) is 12.5 Å². The fourth-order valence-electron chi connectivity index (χ4n) is 4.82. The van der Waals surface area contributed by atoms with Gasteiger partial charge in [0.15, 0.2) is 0 Å². The predicted molar refractivity (Wildman–Crippen MR) is 95.9 cm³/mol. The van der Waals surface area contributed by atoms with E-state index in [1.807, 2.05) is 47.4 Å². The fraction of sp³-hybridized carbons (Fsp3) is 0.476. The summed E-state index contributed by atoms with van der Waals surface area (Å²) in [7, 11) is 0. The van der Waals surface area contributed by atoms with Gasteiger partial charge in [-0.2, -0.15) is 0 Å². The van der Waals surface area contributed by atoms with E-state index in [-0.39, 0.29) is 11.8 Å². The van der Waals surface area contributed by atoms with Gasteiger partial charge in [0.05, 0.1) is 5.60 Å². The van der Waals surface area contributed by atoms with Crippen LogP contribution in [0.2, 0.25) is 0 Å². The van der Waals surface area contributed by atoms with Gasteiger partial charge in [0.25, 0.3) is 5.91 Å². The number of fused-ring (bicyclic) bond motifs is 2. The van der Waals surface area contributed by atoms with Crippen LogP contribution in [0.3, 0.4) is 0 Å². The maximum Gasteiger partial charge on any atom is 0.254 e. The van der Waals surface area contributed by atoms with Crippen molar-refractivity contribution in [1.82, 2.24) is 4.90 Å². The summed E-state index contributed by atoms with van der Waals surface area (Å²) >= 11 is 0. The van der Waals surface area contributed by atoms with Crippen LogP contribution >= 0.6 is 0 Å². The number of aliphatic hydroxyl groups is 1. The van der Waals surface area contributed by atoms with E-state index in [0.717, 1.165) is 48.6 Å². The van der Waals surface area contributed by atoms with Gasteiger partial charge in [-0.3, -0.25) is 4.79 Å². The standard InChI is InChI=1S/C21H25NO2/c1-2-21(24)12-6-9-16-13-22(14-19(16)21)20(23)18-11-5-8-15-7-3-4-10-17(15)18/h3-5,7-8,10-11,16,19,24H,2,6,9,12-14H2,1H3/t16-,19+,21-/m1/s1. The summed E-state index contributed by atoms with van der Waals surface area (Å²) in [6.07, 6.45) is 3.86. The number of benzene rings is 2. The first-order chi connectivity index (χ1) is 11.6. The molecule has 3 nitrogen and oxygen atoms in total. The highest BCUT2D eigenvalue weighted by Gasteiger charge is 2.48. The lowest BCUT2D eigenvalue weighted by molar-refractivity contribution is -0.0609. The summed E-state index contributed by atoms with van der Waals surface area (Å²) in [4.78, 5) is 15.1. The zero-order valence-corrected chi connectivity index (χ0v) is 14.2. The van der Waals surface area contributed by atoms with Crippen LogP contribution in [0.1, 0.15) is 43.0 Å². The lowest BCUT2D eigenvalue weighted by Gasteiger charge is -2.40. The quantitative estimate of drug-likeness (QED) is 0.912. The van der Waals surface area contributed by atoms with Gasteiger partial charge in [0, 0.05) is 24.6 Å². The average Bonchev–Trinajstić information content (AvgIpc) is 3.06. The Kier molecular flexibility index (Phi) is 3.84. The molecule has 2 aromatic rings. The van der Waals surface area contributed by atoms with Crippen LogP contribution in [0.5, 0.6) is 0 Å². The molecule has 4 rings (SSSR count). The third kappa shape index (κ3) is 2.42. The number of nitrogens with zero attached hydrogens (tertiary/aromatic N) is 1. The van der Waals surface area contributed by atoms with Crippen molar-refractivity contribution in [3.05, 3.63) is 48.0 Å². The summed E-state index contributed by atoms with van der Waals surface area (Å²) in [5, 5.41) is 13.1. The van der Waals surface area contributed by atoms with E-state index in [1.165, 1.54) is 0 Å². The highest BCUT2D eigenvalue weighted by atomic mass is 16.3. The van der Waals surface area contributed by atoms with E-state index < -0.39 is 5.60 Å². The zero-order valence-electron chi connectivity index (χ0n) is 14.2. The van der Waals surface area contributed by atoms with Gasteiger partial charge in [-0.05, 0) is 42.0 Å². The normalized spacial score (nSPS) is 29.7. The van der Waals surface area contributed by atoms with Gasteiger partial charge in [0.2, 0.25) is 0 Å². The molecule has 1 N–H and O–H groups in total. The van der Waals surface area contributed by atoms with Crippen molar-refractivity contribution in [2.45, 2.75) is 38.2 Å². The third-order valence-electron chi connectivity index (χ3n) is 6.24. The minimum Gasteiger partial charge on any atom is -0.390 e. The summed E-state index contributed by atoms with van der Waals surface area (Å²) in [5.74, 6) is 0.789. The molecule has 0 unspecified atom stereocenters. The number of rotatable bonds is 2. The van der Waals surface area contributed by atoms with Crippen molar-refractivity contribution in [2.75, 3.05) is 13.1 Å². The van der Waals surface area contributed by atoms with E-state index in [2.05, 4.69) is 6.92 Å². The molecular weight excluding hydrogens is 298 g/mol. The molecule has 0 radical (unpaired) electrons. The van der Waals surface area contributed by atoms with Gasteiger partial charge < -0.3 is 10.0 Å². The van der Waals surface area contributed by atoms with Crippen LogP contribution in [0.4, 0.5) is 0 Å². The van der Waals surface area contributed by atoms with Crippen LogP contribution in [-0.2, 0) is 0 Å². The Labute approximate surface area is 143 Å². The van der Waals surface area contributed by atoms with Crippen molar-refractivity contribution in [3.63, 3.8) is 0 Å². The van der Waals surface area contributed by atoms with Gasteiger partial charge in [-0.15, -0.1) is 0 Å². The Morgan fingerprint density at radius 1 is 1.21 bits per heavy atom. The minimum absolute atomic E-state index is 0.111. The predicted octanol–water partition coefficient (Wildman–Crippen LogP) is 3.85. The number of carbonyl (C=O) groups excluding carboxylic acids is 1. The molecule has 24 heavy (non-hydrogen) atoms. The Hall–Kier alpha value is -1.87. The molecule has 0 aromatic heterocycles. The average molecular weight is 323 g/mol. The van der Waals surface area contributed by atoms with E-state index >= 15 is 0 Å². The van der Waals surface area contributed by atoms with Crippen molar-refractivity contribution < 1.29 is 9.90 Å².